The second-order valence-electron chi connectivity index (χ2n) is 5.69. The first-order chi connectivity index (χ1) is 10.9. The number of nitrogens with one attached hydrogen (secondary N) is 1. The van der Waals surface area contributed by atoms with Crippen LogP contribution >= 0.6 is 11.6 Å². The zero-order valence-corrected chi connectivity index (χ0v) is 14.2. The highest BCUT2D eigenvalue weighted by atomic mass is 35.5. The Morgan fingerprint density at radius 2 is 1.83 bits per heavy atom. The molecule has 122 valence electrons. The Kier molecular flexibility index (Phi) is 5.64. The summed E-state index contributed by atoms with van der Waals surface area (Å²) in [5.41, 5.74) is 8.46. The molecule has 3 N–H and O–H groups in total. The lowest BCUT2D eigenvalue weighted by Crippen LogP contribution is -2.27. The normalized spacial score (nSPS) is 12.1. The van der Waals surface area contributed by atoms with Crippen LogP contribution in [0.3, 0.4) is 0 Å². The minimum atomic E-state index is -0.735. The first kappa shape index (κ1) is 17.3. The van der Waals surface area contributed by atoms with E-state index in [-0.39, 0.29) is 12.0 Å². The molecule has 1 atom stereocenters. The monoisotopic (exact) mass is 332 g/mol. The van der Waals surface area contributed by atoms with Crippen molar-refractivity contribution in [2.24, 2.45) is 5.73 Å². The molecular weight excluding hydrogens is 312 g/mol. The van der Waals surface area contributed by atoms with E-state index in [0.717, 1.165) is 11.1 Å². The number of halogens is 1. The summed E-state index contributed by atoms with van der Waals surface area (Å²) in [5, 5.41) is 3.22. The third kappa shape index (κ3) is 4.71. The van der Waals surface area contributed by atoms with Crippen molar-refractivity contribution in [3.8, 4) is 5.75 Å². The van der Waals surface area contributed by atoms with E-state index >= 15 is 0 Å². The molecule has 0 radical (unpaired) electrons. The molecule has 0 aromatic heterocycles. The molecule has 0 aliphatic carbocycles. The van der Waals surface area contributed by atoms with Crippen LogP contribution in [0.25, 0.3) is 0 Å². The fraction of sp³-hybridized carbons (Fsp3) is 0.278. The van der Waals surface area contributed by atoms with Crippen molar-refractivity contribution >= 4 is 23.2 Å². The predicted octanol–water partition coefficient (Wildman–Crippen LogP) is 4.07. The smallest absolute Gasteiger partial charge is 0.245 e. The number of aryl methyl sites for hydroxylation is 1. The first-order valence-electron chi connectivity index (χ1n) is 7.46. The summed E-state index contributed by atoms with van der Waals surface area (Å²) in [6.07, 6.45) is 0.0305. The maximum absolute atomic E-state index is 12.3. The van der Waals surface area contributed by atoms with Gasteiger partial charge in [0.15, 0.2) is 0 Å². The van der Waals surface area contributed by atoms with Crippen LogP contribution in [0.2, 0.25) is 5.02 Å². The van der Waals surface area contributed by atoms with E-state index in [1.165, 1.54) is 0 Å². The summed E-state index contributed by atoms with van der Waals surface area (Å²) in [4.78, 5) is 12.3. The van der Waals surface area contributed by atoms with Gasteiger partial charge in [0.2, 0.25) is 5.91 Å². The Morgan fingerprint density at radius 3 is 2.39 bits per heavy atom. The van der Waals surface area contributed by atoms with E-state index in [9.17, 15) is 4.79 Å². The Balaban J connectivity index is 2.07. The fourth-order valence-electron chi connectivity index (χ4n) is 2.07. The van der Waals surface area contributed by atoms with Gasteiger partial charge in [0.1, 0.15) is 11.8 Å². The van der Waals surface area contributed by atoms with Gasteiger partial charge in [-0.15, -0.1) is 0 Å². The lowest BCUT2D eigenvalue weighted by atomic mass is 10.1. The zero-order chi connectivity index (χ0) is 17.0. The van der Waals surface area contributed by atoms with Gasteiger partial charge in [0.25, 0.3) is 0 Å². The summed E-state index contributed by atoms with van der Waals surface area (Å²) < 4.78 is 5.56. The molecule has 2 rings (SSSR count). The van der Waals surface area contributed by atoms with Crippen molar-refractivity contribution in [2.75, 3.05) is 5.32 Å². The van der Waals surface area contributed by atoms with Crippen LogP contribution in [0.1, 0.15) is 31.0 Å². The molecule has 0 aliphatic rings. The summed E-state index contributed by atoms with van der Waals surface area (Å²) in [7, 11) is 0. The molecule has 0 aliphatic heterocycles. The van der Waals surface area contributed by atoms with E-state index in [1.54, 1.807) is 18.2 Å². The van der Waals surface area contributed by atoms with Crippen molar-refractivity contribution in [2.45, 2.75) is 32.9 Å². The lowest BCUT2D eigenvalue weighted by Gasteiger charge is -2.15. The van der Waals surface area contributed by atoms with E-state index in [0.29, 0.717) is 16.5 Å². The highest BCUT2D eigenvalue weighted by Gasteiger charge is 2.16. The second kappa shape index (κ2) is 7.49. The summed E-state index contributed by atoms with van der Waals surface area (Å²) in [6.45, 7) is 5.83. The molecule has 4 nitrogen and oxygen atoms in total. The Bertz CT molecular complexity index is 684. The van der Waals surface area contributed by atoms with E-state index in [4.69, 9.17) is 22.1 Å². The summed E-state index contributed by atoms with van der Waals surface area (Å²) in [6, 6.07) is 12.0. The van der Waals surface area contributed by atoms with Gasteiger partial charge in [0, 0.05) is 5.69 Å². The molecule has 5 heteroatoms. The zero-order valence-electron chi connectivity index (χ0n) is 13.5. The molecule has 23 heavy (non-hydrogen) atoms. The van der Waals surface area contributed by atoms with Gasteiger partial charge in [-0.3, -0.25) is 4.79 Å². The predicted molar refractivity (Wildman–Crippen MR) is 94.0 cm³/mol. The van der Waals surface area contributed by atoms with Gasteiger partial charge in [-0.25, -0.2) is 0 Å². The molecular formula is C18H21ClN2O2. The highest BCUT2D eigenvalue weighted by Crippen LogP contribution is 2.28. The molecule has 0 spiro atoms. The maximum Gasteiger partial charge on any atom is 0.245 e. The van der Waals surface area contributed by atoms with Crippen LogP contribution < -0.4 is 15.8 Å². The minimum absolute atomic E-state index is 0.0305. The van der Waals surface area contributed by atoms with Crippen molar-refractivity contribution in [1.29, 1.82) is 0 Å². The van der Waals surface area contributed by atoms with Gasteiger partial charge in [-0.05, 0) is 44.5 Å². The number of carbonyl (C=O) groups excluding carboxylic acids is 1. The van der Waals surface area contributed by atoms with Crippen LogP contribution in [-0.2, 0) is 4.79 Å². The van der Waals surface area contributed by atoms with E-state index < -0.39 is 6.04 Å². The van der Waals surface area contributed by atoms with E-state index in [1.807, 2.05) is 45.0 Å². The van der Waals surface area contributed by atoms with Crippen molar-refractivity contribution in [3.63, 3.8) is 0 Å². The molecule has 1 amide bonds. The Labute approximate surface area is 141 Å². The number of hydrogen-bond acceptors (Lipinski definition) is 3. The number of anilines is 1. The van der Waals surface area contributed by atoms with Crippen LogP contribution in [-0.4, -0.2) is 12.0 Å². The van der Waals surface area contributed by atoms with Gasteiger partial charge < -0.3 is 15.8 Å². The van der Waals surface area contributed by atoms with Gasteiger partial charge >= 0.3 is 0 Å². The SMILES string of the molecule is Cc1ccc(C(N)C(=O)Nc2ccc(OC(C)C)c(Cl)c2)cc1. The first-order valence-corrected chi connectivity index (χ1v) is 7.84. The number of ether oxygens (including phenoxy) is 1. The van der Waals surface area contributed by atoms with Crippen LogP contribution in [0.15, 0.2) is 42.5 Å². The summed E-state index contributed by atoms with van der Waals surface area (Å²) >= 11 is 6.16. The van der Waals surface area contributed by atoms with Crippen LogP contribution in [0, 0.1) is 6.92 Å². The Morgan fingerprint density at radius 1 is 1.17 bits per heavy atom. The standard InChI is InChI=1S/C18H21ClN2O2/c1-11(2)23-16-9-8-14(10-15(16)19)21-18(22)17(20)13-6-4-12(3)5-7-13/h4-11,17H,20H2,1-3H3,(H,21,22). The molecule has 0 heterocycles. The lowest BCUT2D eigenvalue weighted by molar-refractivity contribution is -0.117. The number of amides is 1. The highest BCUT2D eigenvalue weighted by molar-refractivity contribution is 6.32. The van der Waals surface area contributed by atoms with Gasteiger partial charge in [-0.2, -0.15) is 0 Å². The average molecular weight is 333 g/mol. The number of carbonyl (C=O) groups is 1. The fourth-order valence-corrected chi connectivity index (χ4v) is 2.30. The number of rotatable bonds is 5. The molecule has 0 saturated carbocycles. The molecule has 2 aromatic rings. The summed E-state index contributed by atoms with van der Waals surface area (Å²) in [5.74, 6) is 0.296. The van der Waals surface area contributed by atoms with Gasteiger partial charge in [0.05, 0.1) is 11.1 Å². The van der Waals surface area contributed by atoms with Crippen molar-refractivity contribution < 1.29 is 9.53 Å². The van der Waals surface area contributed by atoms with Crippen LogP contribution in [0.5, 0.6) is 5.75 Å². The molecule has 0 saturated heterocycles. The van der Waals surface area contributed by atoms with Crippen LogP contribution in [0.4, 0.5) is 5.69 Å². The molecule has 2 aromatic carbocycles. The molecule has 1 unspecified atom stereocenters. The third-order valence-corrected chi connectivity index (χ3v) is 3.58. The Hall–Kier alpha value is -2.04. The van der Waals surface area contributed by atoms with Crippen molar-refractivity contribution in [1.82, 2.24) is 0 Å². The maximum atomic E-state index is 12.3. The number of hydrogen-bond donors (Lipinski definition) is 2. The average Bonchev–Trinajstić information content (AvgIpc) is 2.49. The van der Waals surface area contributed by atoms with E-state index in [2.05, 4.69) is 5.32 Å². The largest absolute Gasteiger partial charge is 0.489 e. The number of nitrogens with two attached hydrogens (primary N) is 1. The molecule has 0 bridgehead atoms. The van der Waals surface area contributed by atoms with Crippen molar-refractivity contribution in [3.05, 3.63) is 58.6 Å². The minimum Gasteiger partial charge on any atom is -0.489 e. The third-order valence-electron chi connectivity index (χ3n) is 3.28. The second-order valence-corrected chi connectivity index (χ2v) is 6.10. The molecule has 0 fully saturated rings. The number of benzene rings is 2. The quantitative estimate of drug-likeness (QED) is 0.867. The topological polar surface area (TPSA) is 64.4 Å². The van der Waals surface area contributed by atoms with Gasteiger partial charge in [-0.1, -0.05) is 41.4 Å².